The fourth-order valence-corrected chi connectivity index (χ4v) is 3.66. The van der Waals surface area contributed by atoms with Gasteiger partial charge in [0.1, 0.15) is 6.10 Å². The van der Waals surface area contributed by atoms with Crippen molar-refractivity contribution in [3.05, 3.63) is 12.2 Å². The Labute approximate surface area is 92.6 Å². The molecule has 5 atom stereocenters. The number of aliphatic hydroxyl groups excluding tert-OH is 1. The molecule has 1 N–H and O–H groups in total. The van der Waals surface area contributed by atoms with E-state index in [4.69, 9.17) is 0 Å². The Morgan fingerprint density at radius 2 is 2.27 bits per heavy atom. The topological polar surface area (TPSA) is 20.2 Å². The molecule has 2 unspecified atom stereocenters. The molecule has 0 amide bonds. The molecule has 2 rings (SSSR count). The smallest absolute Gasteiger partial charge is 0.120 e. The van der Waals surface area contributed by atoms with Crippen LogP contribution in [0.2, 0.25) is 0 Å². The lowest BCUT2D eigenvalue weighted by Gasteiger charge is -2.40. The van der Waals surface area contributed by atoms with E-state index in [2.05, 4.69) is 37.8 Å². The third-order valence-electron chi connectivity index (χ3n) is 4.54. The first-order valence-electron chi connectivity index (χ1n) is 5.93. The molecule has 0 aliphatic heterocycles. The Balaban J connectivity index is 2.32. The zero-order valence-electron chi connectivity index (χ0n) is 9.83. The molecule has 0 heterocycles. The van der Waals surface area contributed by atoms with Gasteiger partial charge >= 0.3 is 0 Å². The number of fused-ring (bicyclic) bond motifs is 2. The van der Waals surface area contributed by atoms with E-state index in [0.717, 1.165) is 6.42 Å². The van der Waals surface area contributed by atoms with Crippen molar-refractivity contribution in [2.45, 2.75) is 39.7 Å². The summed E-state index contributed by atoms with van der Waals surface area (Å²) in [5.74, 6) is 7.61. The van der Waals surface area contributed by atoms with Crippen LogP contribution in [-0.4, -0.2) is 11.2 Å². The van der Waals surface area contributed by atoms with Gasteiger partial charge in [-0.2, -0.15) is 0 Å². The number of rotatable bonds is 2. The quantitative estimate of drug-likeness (QED) is 0.541. The minimum Gasteiger partial charge on any atom is -0.380 e. The second-order valence-electron chi connectivity index (χ2n) is 5.07. The van der Waals surface area contributed by atoms with Gasteiger partial charge in [0.15, 0.2) is 0 Å². The summed E-state index contributed by atoms with van der Waals surface area (Å²) in [6.45, 7) is 6.24. The Morgan fingerprint density at radius 1 is 1.53 bits per heavy atom. The van der Waals surface area contributed by atoms with Gasteiger partial charge in [-0.1, -0.05) is 38.3 Å². The minimum atomic E-state index is -0.465. The van der Waals surface area contributed by atoms with Gasteiger partial charge in [-0.05, 0) is 31.1 Å². The molecular formula is C14H20O. The van der Waals surface area contributed by atoms with Crippen LogP contribution < -0.4 is 0 Å². The summed E-state index contributed by atoms with van der Waals surface area (Å²) in [6.07, 6.45) is 6.53. The molecule has 0 aromatic rings. The van der Waals surface area contributed by atoms with E-state index in [0.29, 0.717) is 17.8 Å². The number of hydrogen-bond donors (Lipinski definition) is 1. The lowest BCUT2D eigenvalue weighted by molar-refractivity contribution is 0.0178. The molecule has 1 saturated carbocycles. The average molecular weight is 204 g/mol. The van der Waals surface area contributed by atoms with Crippen molar-refractivity contribution < 1.29 is 5.11 Å². The van der Waals surface area contributed by atoms with Gasteiger partial charge in [0.25, 0.3) is 0 Å². The van der Waals surface area contributed by atoms with Gasteiger partial charge in [-0.3, -0.25) is 0 Å². The van der Waals surface area contributed by atoms with Crippen LogP contribution in [0, 0.1) is 35.0 Å². The zero-order chi connectivity index (χ0) is 11.1. The summed E-state index contributed by atoms with van der Waals surface area (Å²) < 4.78 is 0. The van der Waals surface area contributed by atoms with Gasteiger partial charge in [-0.25, -0.2) is 0 Å². The van der Waals surface area contributed by atoms with E-state index < -0.39 is 6.10 Å². The van der Waals surface area contributed by atoms with Crippen LogP contribution in [-0.2, 0) is 0 Å². The van der Waals surface area contributed by atoms with Crippen LogP contribution in [0.15, 0.2) is 12.2 Å². The predicted molar refractivity (Wildman–Crippen MR) is 62.1 cm³/mol. The molecule has 0 aromatic carbocycles. The molecule has 2 bridgehead atoms. The van der Waals surface area contributed by atoms with E-state index in [1.807, 2.05) is 0 Å². The average Bonchev–Trinajstić information content (AvgIpc) is 2.77. The van der Waals surface area contributed by atoms with Gasteiger partial charge in [0, 0.05) is 5.41 Å². The highest BCUT2D eigenvalue weighted by molar-refractivity contribution is 5.23. The summed E-state index contributed by atoms with van der Waals surface area (Å²) in [5.41, 5.74) is -0.0167. The molecule has 1 fully saturated rings. The fraction of sp³-hybridized carbons (Fsp3) is 0.714. The summed E-state index contributed by atoms with van der Waals surface area (Å²) >= 11 is 0. The monoisotopic (exact) mass is 204 g/mol. The summed E-state index contributed by atoms with van der Waals surface area (Å²) in [5, 5.41) is 10.2. The number of allylic oxidation sites excluding steroid dienone is 2. The van der Waals surface area contributed by atoms with Crippen molar-refractivity contribution in [2.24, 2.45) is 23.2 Å². The van der Waals surface area contributed by atoms with E-state index in [1.54, 1.807) is 6.92 Å². The highest BCUT2D eigenvalue weighted by Gasteiger charge is 2.55. The first kappa shape index (κ1) is 10.8. The Bertz CT molecular complexity index is 333. The van der Waals surface area contributed by atoms with Crippen molar-refractivity contribution in [1.29, 1.82) is 0 Å². The number of aliphatic hydroxyl groups is 1. The van der Waals surface area contributed by atoms with Crippen molar-refractivity contribution >= 4 is 0 Å². The normalized spacial score (nSPS) is 43.9. The van der Waals surface area contributed by atoms with Crippen molar-refractivity contribution in [3.63, 3.8) is 0 Å². The summed E-state index contributed by atoms with van der Waals surface area (Å²) in [7, 11) is 0. The highest BCUT2D eigenvalue weighted by atomic mass is 16.3. The molecule has 0 radical (unpaired) electrons. The Kier molecular flexibility index (Phi) is 2.64. The maximum atomic E-state index is 10.2. The maximum absolute atomic E-state index is 10.2. The van der Waals surface area contributed by atoms with E-state index in [9.17, 15) is 5.11 Å². The molecule has 2 aliphatic rings. The molecule has 0 aromatic heterocycles. The molecule has 0 spiro atoms. The van der Waals surface area contributed by atoms with Crippen LogP contribution in [0.3, 0.4) is 0 Å². The lowest BCUT2D eigenvalue weighted by Crippen LogP contribution is -2.41. The largest absolute Gasteiger partial charge is 0.380 e. The second-order valence-corrected chi connectivity index (χ2v) is 5.07. The van der Waals surface area contributed by atoms with Gasteiger partial charge in [0.05, 0.1) is 0 Å². The molecule has 1 nitrogen and oxygen atoms in total. The van der Waals surface area contributed by atoms with Crippen LogP contribution >= 0.6 is 0 Å². The first-order chi connectivity index (χ1) is 7.14. The minimum absolute atomic E-state index is 0.0167. The predicted octanol–water partition coefficient (Wildman–Crippen LogP) is 2.61. The molecular weight excluding hydrogens is 184 g/mol. The van der Waals surface area contributed by atoms with E-state index in [1.165, 1.54) is 6.42 Å². The van der Waals surface area contributed by atoms with Gasteiger partial charge in [0.2, 0.25) is 0 Å². The van der Waals surface area contributed by atoms with Crippen LogP contribution in [0.25, 0.3) is 0 Å². The van der Waals surface area contributed by atoms with Gasteiger partial charge < -0.3 is 5.11 Å². The zero-order valence-corrected chi connectivity index (χ0v) is 9.83. The second kappa shape index (κ2) is 3.68. The highest BCUT2D eigenvalue weighted by Crippen LogP contribution is 2.58. The molecule has 15 heavy (non-hydrogen) atoms. The van der Waals surface area contributed by atoms with E-state index >= 15 is 0 Å². The Morgan fingerprint density at radius 3 is 2.87 bits per heavy atom. The molecule has 0 saturated heterocycles. The summed E-state index contributed by atoms with van der Waals surface area (Å²) in [4.78, 5) is 0. The third-order valence-corrected chi connectivity index (χ3v) is 4.54. The van der Waals surface area contributed by atoms with Crippen molar-refractivity contribution in [2.75, 3.05) is 0 Å². The van der Waals surface area contributed by atoms with E-state index in [-0.39, 0.29) is 5.41 Å². The van der Waals surface area contributed by atoms with Crippen LogP contribution in [0.4, 0.5) is 0 Å². The molecule has 82 valence electrons. The van der Waals surface area contributed by atoms with Crippen molar-refractivity contribution in [1.82, 2.24) is 0 Å². The number of hydrogen-bond acceptors (Lipinski definition) is 1. The summed E-state index contributed by atoms with van der Waals surface area (Å²) in [6, 6.07) is 0. The SMILES string of the molecule is CC#CC(O)[C@@]1(C)C(CC)[C@@H]2C=C[C@H]1C2. The molecule has 2 aliphatic carbocycles. The standard InChI is InChI=1S/C14H20O/c1-4-6-13(15)14(3)11-8-7-10(9-11)12(14)5-2/h7-8,10-13,15H,5,9H2,1-3H3/t10-,11+,12?,13?,14-/m1/s1. The van der Waals surface area contributed by atoms with Crippen molar-refractivity contribution in [3.8, 4) is 11.8 Å². The fourth-order valence-electron chi connectivity index (χ4n) is 3.66. The van der Waals surface area contributed by atoms with Crippen LogP contribution in [0.1, 0.15) is 33.6 Å². The van der Waals surface area contributed by atoms with Crippen LogP contribution in [0.5, 0.6) is 0 Å². The third kappa shape index (κ3) is 1.35. The molecule has 1 heteroatoms. The Hall–Kier alpha value is -0.740. The van der Waals surface area contributed by atoms with Gasteiger partial charge in [-0.15, -0.1) is 5.92 Å². The maximum Gasteiger partial charge on any atom is 0.120 e. The lowest BCUT2D eigenvalue weighted by atomic mass is 9.65. The first-order valence-corrected chi connectivity index (χ1v) is 5.93.